The quantitative estimate of drug-likeness (QED) is 0.547. The Morgan fingerprint density at radius 2 is 1.70 bits per heavy atom. The van der Waals surface area contributed by atoms with Crippen LogP contribution in [0, 0.1) is 28.6 Å². The average Bonchev–Trinajstić information content (AvgIpc) is 2.79. The third-order valence-electron chi connectivity index (χ3n) is 8.88. The van der Waals surface area contributed by atoms with Crippen LogP contribution in [0.5, 0.6) is 0 Å². The van der Waals surface area contributed by atoms with E-state index in [0.717, 1.165) is 44.9 Å². The molecule has 0 aromatic heterocycles. The molecule has 0 radical (unpaired) electrons. The molecule has 4 rings (SSSR count). The van der Waals surface area contributed by atoms with Crippen molar-refractivity contribution in [3.63, 3.8) is 0 Å². The Labute approximate surface area is 139 Å². The van der Waals surface area contributed by atoms with Gasteiger partial charge in [-0.15, -0.1) is 0 Å². The number of fused-ring (bicyclic) bond motifs is 5. The van der Waals surface area contributed by atoms with Crippen LogP contribution in [0.3, 0.4) is 0 Å². The minimum absolute atomic E-state index is 0.0425. The van der Waals surface area contributed by atoms with Gasteiger partial charge in [0.05, 0.1) is 17.8 Å². The van der Waals surface area contributed by atoms with Crippen molar-refractivity contribution < 1.29 is 15.3 Å². The van der Waals surface area contributed by atoms with Gasteiger partial charge in [0.15, 0.2) is 0 Å². The van der Waals surface area contributed by atoms with E-state index in [4.69, 9.17) is 5.73 Å². The second-order valence-corrected chi connectivity index (χ2v) is 9.60. The van der Waals surface area contributed by atoms with E-state index in [1.807, 2.05) is 0 Å². The maximum atomic E-state index is 11.5. The highest BCUT2D eigenvalue weighted by Crippen LogP contribution is 2.66. The maximum absolute atomic E-state index is 11.5. The Hall–Kier alpha value is -0.160. The Kier molecular flexibility index (Phi) is 3.50. The van der Waals surface area contributed by atoms with Gasteiger partial charge in [0.1, 0.15) is 0 Å². The van der Waals surface area contributed by atoms with E-state index in [0.29, 0.717) is 24.2 Å². The molecule has 0 aromatic rings. The van der Waals surface area contributed by atoms with E-state index in [2.05, 4.69) is 13.8 Å². The molecule has 4 aliphatic rings. The van der Waals surface area contributed by atoms with Gasteiger partial charge in [-0.2, -0.15) is 0 Å². The van der Waals surface area contributed by atoms with Gasteiger partial charge in [0.2, 0.25) is 0 Å². The maximum Gasteiger partial charge on any atom is 0.0878 e. The van der Waals surface area contributed by atoms with Gasteiger partial charge >= 0.3 is 0 Å². The zero-order valence-corrected chi connectivity index (χ0v) is 14.5. The third-order valence-corrected chi connectivity index (χ3v) is 8.88. The topological polar surface area (TPSA) is 86.7 Å². The average molecular weight is 323 g/mol. The van der Waals surface area contributed by atoms with Crippen molar-refractivity contribution in [2.45, 2.75) is 89.1 Å². The zero-order chi connectivity index (χ0) is 16.6. The SMILES string of the molecule is C[C@]12CC[C@H]3[C@@H](C[C@@H](N)[C@@]4(O)C[C@@H](O)CC[C@]34C)[C@@H]1CC[C@@H]2O. The first-order chi connectivity index (χ1) is 10.7. The van der Waals surface area contributed by atoms with E-state index >= 15 is 0 Å². The molecule has 0 aliphatic heterocycles. The Bertz CT molecular complexity index is 499. The highest BCUT2D eigenvalue weighted by atomic mass is 16.3. The summed E-state index contributed by atoms with van der Waals surface area (Å²) < 4.78 is 0. The summed E-state index contributed by atoms with van der Waals surface area (Å²) in [6.07, 6.45) is 6.48. The van der Waals surface area contributed by atoms with Crippen LogP contribution in [-0.4, -0.2) is 39.2 Å². The molecule has 4 fully saturated rings. The van der Waals surface area contributed by atoms with Gasteiger partial charge in [0, 0.05) is 17.9 Å². The minimum Gasteiger partial charge on any atom is -0.393 e. The van der Waals surface area contributed by atoms with Gasteiger partial charge in [-0.25, -0.2) is 0 Å². The van der Waals surface area contributed by atoms with Crippen LogP contribution < -0.4 is 5.73 Å². The minimum atomic E-state index is -0.934. The molecule has 9 atom stereocenters. The molecule has 0 aromatic carbocycles. The Morgan fingerprint density at radius 3 is 2.43 bits per heavy atom. The summed E-state index contributed by atoms with van der Waals surface area (Å²) in [4.78, 5) is 0. The standard InChI is InChI=1S/C19H33NO3/c1-17-7-6-14-12(13(17)3-4-16(17)22)9-15(20)19(23)10-11(21)5-8-18(14,19)2/h11-16,21-23H,3-10,20H2,1-2H3/t11-,12-,13-,14-,15+,16-,17-,18+,19-/m0/s1. The molecule has 0 amide bonds. The molecule has 5 N–H and O–H groups in total. The van der Waals surface area contributed by atoms with Crippen molar-refractivity contribution >= 4 is 0 Å². The van der Waals surface area contributed by atoms with Crippen LogP contribution in [0.1, 0.15) is 65.2 Å². The summed E-state index contributed by atoms with van der Waals surface area (Å²) in [5.41, 5.74) is 5.43. The molecular weight excluding hydrogens is 290 g/mol. The smallest absolute Gasteiger partial charge is 0.0878 e. The summed E-state index contributed by atoms with van der Waals surface area (Å²) in [5, 5.41) is 32.1. The summed E-state index contributed by atoms with van der Waals surface area (Å²) in [7, 11) is 0. The van der Waals surface area contributed by atoms with Crippen LogP contribution in [-0.2, 0) is 0 Å². The molecule has 23 heavy (non-hydrogen) atoms. The normalized spacial score (nSPS) is 62.3. The fraction of sp³-hybridized carbons (Fsp3) is 1.00. The number of rotatable bonds is 0. The Balaban J connectivity index is 1.71. The molecule has 4 saturated carbocycles. The fourth-order valence-electron chi connectivity index (χ4n) is 7.33. The van der Waals surface area contributed by atoms with E-state index in [1.54, 1.807) is 0 Å². The molecule has 0 spiro atoms. The lowest BCUT2D eigenvalue weighted by atomic mass is 9.42. The zero-order valence-electron chi connectivity index (χ0n) is 14.5. The predicted molar refractivity (Wildman–Crippen MR) is 88.6 cm³/mol. The summed E-state index contributed by atoms with van der Waals surface area (Å²) in [6, 6.07) is -0.260. The lowest BCUT2D eigenvalue weighted by Crippen LogP contribution is -2.70. The van der Waals surface area contributed by atoms with Crippen LogP contribution in [0.2, 0.25) is 0 Å². The number of aliphatic hydroxyl groups is 3. The number of nitrogens with two attached hydrogens (primary N) is 1. The first-order valence-electron chi connectivity index (χ1n) is 9.56. The molecule has 4 heteroatoms. The summed E-state index contributed by atoms with van der Waals surface area (Å²) >= 11 is 0. The van der Waals surface area contributed by atoms with Crippen LogP contribution >= 0.6 is 0 Å². The van der Waals surface area contributed by atoms with E-state index in [1.165, 1.54) is 0 Å². The summed E-state index contributed by atoms with van der Waals surface area (Å²) in [6.45, 7) is 4.49. The lowest BCUT2D eigenvalue weighted by Gasteiger charge is -2.65. The summed E-state index contributed by atoms with van der Waals surface area (Å²) in [5.74, 6) is 1.53. The van der Waals surface area contributed by atoms with Gasteiger partial charge in [-0.05, 0) is 68.1 Å². The molecule has 4 aliphatic carbocycles. The molecular formula is C19H33NO3. The predicted octanol–water partition coefficient (Wildman–Crippen LogP) is 1.80. The molecule has 132 valence electrons. The fourth-order valence-corrected chi connectivity index (χ4v) is 7.33. The van der Waals surface area contributed by atoms with Crippen molar-refractivity contribution in [1.82, 2.24) is 0 Å². The van der Waals surface area contributed by atoms with E-state index in [-0.39, 0.29) is 23.0 Å². The molecule has 0 unspecified atom stereocenters. The highest BCUT2D eigenvalue weighted by molar-refractivity contribution is 5.18. The van der Waals surface area contributed by atoms with Crippen molar-refractivity contribution in [3.05, 3.63) is 0 Å². The molecule has 0 saturated heterocycles. The Morgan fingerprint density at radius 1 is 0.957 bits per heavy atom. The van der Waals surface area contributed by atoms with Crippen molar-refractivity contribution in [2.75, 3.05) is 0 Å². The van der Waals surface area contributed by atoms with E-state index in [9.17, 15) is 15.3 Å². The molecule has 4 nitrogen and oxygen atoms in total. The molecule has 0 bridgehead atoms. The molecule has 0 heterocycles. The van der Waals surface area contributed by atoms with Crippen molar-refractivity contribution in [3.8, 4) is 0 Å². The second kappa shape index (κ2) is 4.94. The van der Waals surface area contributed by atoms with Crippen molar-refractivity contribution in [2.24, 2.45) is 34.3 Å². The van der Waals surface area contributed by atoms with Crippen LogP contribution in [0.15, 0.2) is 0 Å². The van der Waals surface area contributed by atoms with Gasteiger partial charge in [0.25, 0.3) is 0 Å². The number of hydrogen-bond acceptors (Lipinski definition) is 4. The lowest BCUT2D eigenvalue weighted by molar-refractivity contribution is -0.229. The van der Waals surface area contributed by atoms with Gasteiger partial charge in [-0.3, -0.25) is 0 Å². The first kappa shape index (κ1) is 16.3. The third kappa shape index (κ3) is 1.92. The number of hydrogen-bond donors (Lipinski definition) is 4. The number of aliphatic hydroxyl groups excluding tert-OH is 2. The largest absolute Gasteiger partial charge is 0.393 e. The monoisotopic (exact) mass is 323 g/mol. The van der Waals surface area contributed by atoms with Crippen LogP contribution in [0.4, 0.5) is 0 Å². The first-order valence-corrected chi connectivity index (χ1v) is 9.56. The second-order valence-electron chi connectivity index (χ2n) is 9.60. The van der Waals surface area contributed by atoms with E-state index < -0.39 is 11.7 Å². The van der Waals surface area contributed by atoms with Crippen LogP contribution in [0.25, 0.3) is 0 Å². The highest BCUT2D eigenvalue weighted by Gasteiger charge is 2.66. The van der Waals surface area contributed by atoms with Gasteiger partial charge in [-0.1, -0.05) is 13.8 Å². The van der Waals surface area contributed by atoms with Gasteiger partial charge < -0.3 is 21.1 Å². The van der Waals surface area contributed by atoms with Crippen molar-refractivity contribution in [1.29, 1.82) is 0 Å².